The molecule has 104 valence electrons. The molecule has 0 radical (unpaired) electrons. The molecule has 0 atom stereocenters. The van der Waals surface area contributed by atoms with Crippen LogP contribution < -0.4 is 11.1 Å². The summed E-state index contributed by atoms with van der Waals surface area (Å²) in [6.45, 7) is 0. The second-order valence-corrected chi connectivity index (χ2v) is 5.25. The van der Waals surface area contributed by atoms with Gasteiger partial charge in [0.05, 0.1) is 11.7 Å². The number of nitrogens with two attached hydrogens (primary N) is 1. The average Bonchev–Trinajstić information content (AvgIpc) is 3.09. The molecule has 3 rings (SSSR count). The quantitative estimate of drug-likeness (QED) is 0.880. The zero-order valence-electron chi connectivity index (χ0n) is 11.2. The van der Waals surface area contributed by atoms with Crippen LogP contribution in [0.15, 0.2) is 42.6 Å². The normalized spacial score (nSPS) is 17.0. The number of hydrogen-bond acceptors (Lipinski definition) is 3. The molecule has 20 heavy (non-hydrogen) atoms. The van der Waals surface area contributed by atoms with Gasteiger partial charge in [-0.2, -0.15) is 9.78 Å². The van der Waals surface area contributed by atoms with Crippen LogP contribution >= 0.6 is 0 Å². The van der Waals surface area contributed by atoms with Crippen LogP contribution in [-0.4, -0.2) is 15.8 Å². The lowest BCUT2D eigenvalue weighted by Gasteiger charge is -2.30. The minimum absolute atomic E-state index is 0.266. The minimum atomic E-state index is -0.295. The van der Waals surface area contributed by atoms with Gasteiger partial charge in [0.25, 0.3) is 0 Å². The average molecular weight is 270 g/mol. The van der Waals surface area contributed by atoms with Gasteiger partial charge in [0.2, 0.25) is 0 Å². The SMILES string of the molecule is Nc1ccnn1C(=O)NC1(c2ccccc2)CCCC1. The van der Waals surface area contributed by atoms with E-state index in [4.69, 9.17) is 5.73 Å². The summed E-state index contributed by atoms with van der Waals surface area (Å²) < 4.78 is 1.21. The van der Waals surface area contributed by atoms with Gasteiger partial charge in [0.1, 0.15) is 5.82 Å². The number of carbonyl (C=O) groups is 1. The Morgan fingerprint density at radius 2 is 1.90 bits per heavy atom. The van der Waals surface area contributed by atoms with Crippen LogP contribution in [0.3, 0.4) is 0 Å². The molecule has 0 bridgehead atoms. The van der Waals surface area contributed by atoms with Gasteiger partial charge < -0.3 is 11.1 Å². The highest BCUT2D eigenvalue weighted by Gasteiger charge is 2.37. The molecule has 0 spiro atoms. The molecule has 1 aromatic carbocycles. The Hall–Kier alpha value is -2.30. The number of aromatic nitrogens is 2. The molecule has 3 N–H and O–H groups in total. The molecular formula is C15H18N4O. The van der Waals surface area contributed by atoms with Crippen LogP contribution in [0.25, 0.3) is 0 Å². The van der Waals surface area contributed by atoms with E-state index in [0.29, 0.717) is 5.82 Å². The third kappa shape index (κ3) is 2.15. The first-order valence-electron chi connectivity index (χ1n) is 6.89. The van der Waals surface area contributed by atoms with Crippen molar-refractivity contribution in [2.45, 2.75) is 31.2 Å². The standard InChI is InChI=1S/C15H18N4O/c16-13-8-11-17-19(13)14(20)18-15(9-4-5-10-15)12-6-2-1-3-7-12/h1-3,6-8,11H,4-5,9-10,16H2,(H,18,20). The van der Waals surface area contributed by atoms with E-state index in [9.17, 15) is 4.79 Å². The molecule has 1 saturated carbocycles. The molecule has 0 aliphatic heterocycles. The molecule has 0 unspecified atom stereocenters. The maximum Gasteiger partial charge on any atom is 0.344 e. The van der Waals surface area contributed by atoms with Crippen molar-refractivity contribution >= 4 is 11.8 Å². The second-order valence-electron chi connectivity index (χ2n) is 5.25. The van der Waals surface area contributed by atoms with E-state index in [-0.39, 0.29) is 11.6 Å². The van der Waals surface area contributed by atoms with Gasteiger partial charge in [0.15, 0.2) is 0 Å². The summed E-state index contributed by atoms with van der Waals surface area (Å²) in [5, 5.41) is 7.10. The highest BCUT2D eigenvalue weighted by Crippen LogP contribution is 2.38. The molecule has 1 aromatic heterocycles. The molecule has 2 aromatic rings. The van der Waals surface area contributed by atoms with E-state index in [0.717, 1.165) is 31.2 Å². The van der Waals surface area contributed by atoms with Crippen LogP contribution in [0.1, 0.15) is 31.2 Å². The van der Waals surface area contributed by atoms with Crippen molar-refractivity contribution in [2.75, 3.05) is 5.73 Å². The molecule has 1 aliphatic rings. The Morgan fingerprint density at radius 1 is 1.20 bits per heavy atom. The van der Waals surface area contributed by atoms with E-state index in [2.05, 4.69) is 22.5 Å². The summed E-state index contributed by atoms with van der Waals surface area (Å²) in [7, 11) is 0. The first-order chi connectivity index (χ1) is 9.71. The van der Waals surface area contributed by atoms with Gasteiger partial charge in [-0.1, -0.05) is 43.2 Å². The van der Waals surface area contributed by atoms with Gasteiger partial charge in [-0.15, -0.1) is 0 Å². The summed E-state index contributed by atoms with van der Waals surface area (Å²) >= 11 is 0. The van der Waals surface area contributed by atoms with Crippen molar-refractivity contribution in [3.05, 3.63) is 48.2 Å². The van der Waals surface area contributed by atoms with Crippen LogP contribution in [-0.2, 0) is 5.54 Å². The molecular weight excluding hydrogens is 252 g/mol. The van der Waals surface area contributed by atoms with Gasteiger partial charge in [-0.05, 0) is 18.4 Å². The van der Waals surface area contributed by atoms with Crippen LogP contribution in [0, 0.1) is 0 Å². The lowest BCUT2D eigenvalue weighted by Crippen LogP contribution is -2.46. The monoisotopic (exact) mass is 270 g/mol. The lowest BCUT2D eigenvalue weighted by molar-refractivity contribution is 0.223. The Bertz CT molecular complexity index is 599. The predicted molar refractivity (Wildman–Crippen MR) is 77.2 cm³/mol. The van der Waals surface area contributed by atoms with Gasteiger partial charge in [-0.25, -0.2) is 4.79 Å². The van der Waals surface area contributed by atoms with Crippen LogP contribution in [0.5, 0.6) is 0 Å². The Kier molecular flexibility index (Phi) is 3.18. The van der Waals surface area contributed by atoms with Crippen molar-refractivity contribution in [1.29, 1.82) is 0 Å². The van der Waals surface area contributed by atoms with Gasteiger partial charge in [-0.3, -0.25) is 0 Å². The number of rotatable bonds is 2. The number of nitrogens with zero attached hydrogens (tertiary/aromatic N) is 2. The molecule has 1 aliphatic carbocycles. The Balaban J connectivity index is 1.89. The van der Waals surface area contributed by atoms with Crippen molar-refractivity contribution < 1.29 is 4.79 Å². The molecule has 1 amide bonds. The van der Waals surface area contributed by atoms with Crippen LogP contribution in [0.4, 0.5) is 10.6 Å². The Labute approximate surface area is 117 Å². The third-order valence-corrected chi connectivity index (χ3v) is 3.99. The fourth-order valence-electron chi connectivity index (χ4n) is 2.96. The summed E-state index contributed by atoms with van der Waals surface area (Å²) in [5.41, 5.74) is 6.59. The zero-order valence-corrected chi connectivity index (χ0v) is 11.2. The zero-order chi connectivity index (χ0) is 14.0. The third-order valence-electron chi connectivity index (χ3n) is 3.99. The summed E-state index contributed by atoms with van der Waals surface area (Å²) in [6.07, 6.45) is 5.65. The maximum atomic E-state index is 12.4. The fraction of sp³-hybridized carbons (Fsp3) is 0.333. The van der Waals surface area contributed by atoms with Crippen LogP contribution in [0.2, 0.25) is 0 Å². The molecule has 1 fully saturated rings. The van der Waals surface area contributed by atoms with E-state index >= 15 is 0 Å². The van der Waals surface area contributed by atoms with E-state index in [1.807, 2.05) is 18.2 Å². The number of anilines is 1. The number of hydrogen-bond donors (Lipinski definition) is 2. The number of amides is 1. The molecule has 5 nitrogen and oxygen atoms in total. The van der Waals surface area contributed by atoms with Gasteiger partial charge >= 0.3 is 6.03 Å². The second kappa shape index (κ2) is 5.00. The highest BCUT2D eigenvalue weighted by molar-refractivity contribution is 5.79. The van der Waals surface area contributed by atoms with Crippen molar-refractivity contribution in [3.8, 4) is 0 Å². The number of carbonyl (C=O) groups excluding carboxylic acids is 1. The number of benzene rings is 1. The minimum Gasteiger partial charge on any atom is -0.383 e. The predicted octanol–water partition coefficient (Wildman–Crippen LogP) is 2.49. The summed E-state index contributed by atoms with van der Waals surface area (Å²) in [5.74, 6) is 0.351. The largest absolute Gasteiger partial charge is 0.383 e. The molecule has 0 saturated heterocycles. The number of nitrogen functional groups attached to an aromatic ring is 1. The first-order valence-corrected chi connectivity index (χ1v) is 6.89. The van der Waals surface area contributed by atoms with E-state index in [1.54, 1.807) is 6.07 Å². The first kappa shape index (κ1) is 12.7. The van der Waals surface area contributed by atoms with Gasteiger partial charge in [0, 0.05) is 6.07 Å². The molecule has 1 heterocycles. The summed E-state index contributed by atoms with van der Waals surface area (Å²) in [6, 6.07) is 11.5. The van der Waals surface area contributed by atoms with Crippen molar-refractivity contribution in [1.82, 2.24) is 15.1 Å². The van der Waals surface area contributed by atoms with Crippen molar-refractivity contribution in [3.63, 3.8) is 0 Å². The van der Waals surface area contributed by atoms with E-state index in [1.165, 1.54) is 10.9 Å². The fourth-order valence-corrected chi connectivity index (χ4v) is 2.96. The maximum absolute atomic E-state index is 12.4. The number of nitrogens with one attached hydrogen (secondary N) is 1. The van der Waals surface area contributed by atoms with Crippen molar-refractivity contribution in [2.24, 2.45) is 0 Å². The summed E-state index contributed by atoms with van der Waals surface area (Å²) in [4.78, 5) is 12.4. The smallest absolute Gasteiger partial charge is 0.344 e. The molecule has 5 heteroatoms. The Morgan fingerprint density at radius 3 is 2.50 bits per heavy atom. The lowest BCUT2D eigenvalue weighted by atomic mass is 9.88. The topological polar surface area (TPSA) is 72.9 Å². The van der Waals surface area contributed by atoms with E-state index < -0.39 is 0 Å². The highest BCUT2D eigenvalue weighted by atomic mass is 16.2.